The van der Waals surface area contributed by atoms with E-state index >= 15 is 0 Å². The van der Waals surface area contributed by atoms with E-state index in [1.165, 1.54) is 0 Å². The summed E-state index contributed by atoms with van der Waals surface area (Å²) in [6.07, 6.45) is 3.46. The van der Waals surface area contributed by atoms with Gasteiger partial charge in [-0.05, 0) is 30.9 Å². The first-order valence-electron chi connectivity index (χ1n) is 9.33. The predicted octanol–water partition coefficient (Wildman–Crippen LogP) is 1.90. The van der Waals surface area contributed by atoms with Crippen molar-refractivity contribution in [2.45, 2.75) is 38.1 Å². The Bertz CT molecular complexity index is 796. The number of hydrogen-bond acceptors (Lipinski definition) is 5. The maximum atomic E-state index is 12.9. The molecule has 2 N–H and O–H groups in total. The van der Waals surface area contributed by atoms with Crippen molar-refractivity contribution in [3.8, 4) is 11.5 Å². The number of rotatable bonds is 3. The fourth-order valence-corrected chi connectivity index (χ4v) is 4.10. The van der Waals surface area contributed by atoms with E-state index < -0.39 is 17.5 Å². The van der Waals surface area contributed by atoms with E-state index in [1.54, 1.807) is 18.2 Å². The van der Waals surface area contributed by atoms with Crippen LogP contribution in [0.3, 0.4) is 0 Å². The van der Waals surface area contributed by atoms with Crippen LogP contribution in [-0.4, -0.2) is 48.0 Å². The summed E-state index contributed by atoms with van der Waals surface area (Å²) in [6, 6.07) is 4.59. The van der Waals surface area contributed by atoms with E-state index in [1.807, 2.05) is 6.92 Å². The standard InChI is InChI=1S/C19H23N3O5/c1-12-4-2-3-7-19(12)17(24)22(18(25)21-19)11-16(23)20-13-5-6-14-15(10-13)27-9-8-26-14/h5-6,10,12H,2-4,7-9,11H2,1H3,(H,20,23)(H,21,25)/t12-,19+/m1/s1. The molecule has 2 heterocycles. The minimum Gasteiger partial charge on any atom is -0.486 e. The van der Waals surface area contributed by atoms with Crippen molar-refractivity contribution < 1.29 is 23.9 Å². The maximum Gasteiger partial charge on any atom is 0.325 e. The minimum absolute atomic E-state index is 0.0635. The first kappa shape index (κ1) is 17.6. The molecule has 1 aromatic rings. The molecule has 8 nitrogen and oxygen atoms in total. The van der Waals surface area contributed by atoms with Crippen molar-refractivity contribution in [3.05, 3.63) is 18.2 Å². The van der Waals surface area contributed by atoms with Crippen LogP contribution in [0.5, 0.6) is 11.5 Å². The monoisotopic (exact) mass is 373 g/mol. The molecule has 2 atom stereocenters. The molecule has 144 valence electrons. The van der Waals surface area contributed by atoms with Gasteiger partial charge in [-0.3, -0.25) is 14.5 Å². The molecular formula is C19H23N3O5. The molecule has 1 aromatic carbocycles. The molecule has 3 aliphatic rings. The summed E-state index contributed by atoms with van der Waals surface area (Å²) < 4.78 is 10.9. The third kappa shape index (κ3) is 3.09. The number of nitrogens with zero attached hydrogens (tertiary/aromatic N) is 1. The van der Waals surface area contributed by atoms with Gasteiger partial charge in [0.25, 0.3) is 5.91 Å². The lowest BCUT2D eigenvalue weighted by atomic mass is 9.73. The van der Waals surface area contributed by atoms with Gasteiger partial charge in [0.15, 0.2) is 11.5 Å². The van der Waals surface area contributed by atoms with Gasteiger partial charge in [-0.2, -0.15) is 0 Å². The van der Waals surface area contributed by atoms with Crippen LogP contribution in [0.25, 0.3) is 0 Å². The molecule has 1 aliphatic carbocycles. The number of anilines is 1. The number of ether oxygens (including phenoxy) is 2. The van der Waals surface area contributed by atoms with Gasteiger partial charge in [0.2, 0.25) is 5.91 Å². The van der Waals surface area contributed by atoms with Gasteiger partial charge < -0.3 is 20.1 Å². The highest BCUT2D eigenvalue weighted by molar-refractivity contribution is 6.10. The minimum atomic E-state index is -0.855. The van der Waals surface area contributed by atoms with E-state index in [4.69, 9.17) is 9.47 Å². The topological polar surface area (TPSA) is 97.0 Å². The van der Waals surface area contributed by atoms with Gasteiger partial charge in [0, 0.05) is 11.8 Å². The largest absolute Gasteiger partial charge is 0.486 e. The predicted molar refractivity (Wildman–Crippen MR) is 96.7 cm³/mol. The van der Waals surface area contributed by atoms with Crippen molar-refractivity contribution in [1.82, 2.24) is 10.2 Å². The Morgan fingerprint density at radius 3 is 2.81 bits per heavy atom. The molecule has 0 unspecified atom stereocenters. The smallest absolute Gasteiger partial charge is 0.325 e. The van der Waals surface area contributed by atoms with Crippen LogP contribution in [-0.2, 0) is 9.59 Å². The van der Waals surface area contributed by atoms with Crippen LogP contribution in [0.1, 0.15) is 32.6 Å². The second-order valence-corrected chi connectivity index (χ2v) is 7.35. The molecule has 8 heteroatoms. The SMILES string of the molecule is C[C@@H]1CCCC[C@]12NC(=O)N(CC(=O)Nc1ccc3c(c1)OCCO3)C2=O. The highest BCUT2D eigenvalue weighted by Crippen LogP contribution is 2.38. The lowest BCUT2D eigenvalue weighted by Crippen LogP contribution is -2.54. The van der Waals surface area contributed by atoms with Crippen molar-refractivity contribution in [3.63, 3.8) is 0 Å². The van der Waals surface area contributed by atoms with E-state index in [9.17, 15) is 14.4 Å². The van der Waals surface area contributed by atoms with Crippen LogP contribution in [0.4, 0.5) is 10.5 Å². The molecule has 4 amide bonds. The first-order chi connectivity index (χ1) is 13.0. The van der Waals surface area contributed by atoms with Crippen LogP contribution in [0.15, 0.2) is 18.2 Å². The summed E-state index contributed by atoms with van der Waals surface area (Å²) in [4.78, 5) is 38.7. The average Bonchev–Trinajstić information content (AvgIpc) is 2.89. The molecule has 1 saturated heterocycles. The Morgan fingerprint density at radius 1 is 1.26 bits per heavy atom. The Hall–Kier alpha value is -2.77. The fraction of sp³-hybridized carbons (Fsp3) is 0.526. The lowest BCUT2D eigenvalue weighted by molar-refractivity contribution is -0.136. The molecule has 2 aliphatic heterocycles. The zero-order valence-electron chi connectivity index (χ0n) is 15.2. The number of carbonyl (C=O) groups excluding carboxylic acids is 3. The van der Waals surface area contributed by atoms with Crippen molar-refractivity contribution in [1.29, 1.82) is 0 Å². The average molecular weight is 373 g/mol. The van der Waals surface area contributed by atoms with Crippen LogP contribution >= 0.6 is 0 Å². The van der Waals surface area contributed by atoms with Gasteiger partial charge in [0.05, 0.1) is 0 Å². The molecular weight excluding hydrogens is 350 g/mol. The maximum absolute atomic E-state index is 12.9. The zero-order valence-corrected chi connectivity index (χ0v) is 15.2. The van der Waals surface area contributed by atoms with E-state index in [0.29, 0.717) is 36.8 Å². The van der Waals surface area contributed by atoms with Crippen LogP contribution < -0.4 is 20.1 Å². The number of carbonyl (C=O) groups is 3. The highest BCUT2D eigenvalue weighted by atomic mass is 16.6. The number of nitrogens with one attached hydrogen (secondary N) is 2. The molecule has 0 radical (unpaired) electrons. The number of hydrogen-bond donors (Lipinski definition) is 2. The number of urea groups is 1. The number of amides is 4. The zero-order chi connectivity index (χ0) is 19.0. The third-order valence-electron chi connectivity index (χ3n) is 5.63. The summed E-state index contributed by atoms with van der Waals surface area (Å²) in [5.74, 6) is 0.520. The van der Waals surface area contributed by atoms with Crippen molar-refractivity contribution in [2.75, 3.05) is 25.1 Å². The molecule has 0 bridgehead atoms. The number of fused-ring (bicyclic) bond motifs is 1. The summed E-state index contributed by atoms with van der Waals surface area (Å²) in [7, 11) is 0. The normalized spacial score (nSPS) is 26.9. The molecule has 2 fully saturated rings. The van der Waals surface area contributed by atoms with E-state index in [-0.39, 0.29) is 18.4 Å². The Balaban J connectivity index is 1.43. The molecule has 1 spiro atoms. The van der Waals surface area contributed by atoms with Gasteiger partial charge >= 0.3 is 6.03 Å². The number of benzene rings is 1. The summed E-state index contributed by atoms with van der Waals surface area (Å²) in [5, 5.41) is 5.56. The molecule has 27 heavy (non-hydrogen) atoms. The van der Waals surface area contributed by atoms with Gasteiger partial charge in [-0.15, -0.1) is 0 Å². The van der Waals surface area contributed by atoms with Gasteiger partial charge in [-0.25, -0.2) is 4.79 Å². The van der Waals surface area contributed by atoms with Gasteiger partial charge in [-0.1, -0.05) is 19.8 Å². The Kier molecular flexibility index (Phi) is 4.41. The fourth-order valence-electron chi connectivity index (χ4n) is 4.10. The second kappa shape index (κ2) is 6.75. The van der Waals surface area contributed by atoms with Crippen LogP contribution in [0, 0.1) is 5.92 Å². The third-order valence-corrected chi connectivity index (χ3v) is 5.63. The number of imide groups is 1. The summed E-state index contributed by atoms with van der Waals surface area (Å²) in [6.45, 7) is 2.61. The lowest BCUT2D eigenvalue weighted by Gasteiger charge is -2.36. The first-order valence-corrected chi connectivity index (χ1v) is 9.33. The van der Waals surface area contributed by atoms with Crippen molar-refractivity contribution in [2.24, 2.45) is 5.92 Å². The molecule has 0 aromatic heterocycles. The van der Waals surface area contributed by atoms with E-state index in [0.717, 1.165) is 24.2 Å². The summed E-state index contributed by atoms with van der Waals surface area (Å²) in [5.41, 5.74) is -0.330. The molecule has 4 rings (SSSR count). The Labute approximate surface area is 157 Å². The molecule has 1 saturated carbocycles. The van der Waals surface area contributed by atoms with Gasteiger partial charge in [0.1, 0.15) is 25.3 Å². The Morgan fingerprint density at radius 2 is 2.04 bits per heavy atom. The summed E-state index contributed by atoms with van der Waals surface area (Å²) >= 11 is 0. The van der Waals surface area contributed by atoms with Crippen molar-refractivity contribution >= 4 is 23.5 Å². The van der Waals surface area contributed by atoms with E-state index in [2.05, 4.69) is 10.6 Å². The quantitative estimate of drug-likeness (QED) is 0.789. The second-order valence-electron chi connectivity index (χ2n) is 7.35. The highest BCUT2D eigenvalue weighted by Gasteiger charge is 2.55. The van der Waals surface area contributed by atoms with Crippen LogP contribution in [0.2, 0.25) is 0 Å².